The number of aromatic nitrogens is 10. The van der Waals surface area contributed by atoms with Crippen molar-refractivity contribution in [1.29, 1.82) is 0 Å². The van der Waals surface area contributed by atoms with Crippen LogP contribution < -0.4 is 26.6 Å². The highest BCUT2D eigenvalue weighted by Gasteiger charge is 2.44. The van der Waals surface area contributed by atoms with Crippen LogP contribution in [0.1, 0.15) is 138 Å². The molecule has 5 aromatic carbocycles. The van der Waals surface area contributed by atoms with Crippen LogP contribution in [0.5, 0.6) is 0 Å². The molecule has 15 heterocycles. The predicted molar refractivity (Wildman–Crippen MR) is 587 cm³/mol. The van der Waals surface area contributed by atoms with E-state index in [0.29, 0.717) is 77.6 Å². The number of rotatable bonds is 25. The highest BCUT2D eigenvalue weighted by molar-refractivity contribution is 7.90. The van der Waals surface area contributed by atoms with Crippen molar-refractivity contribution in [3.05, 3.63) is 260 Å². The summed E-state index contributed by atoms with van der Waals surface area (Å²) in [5.74, 6) is -0.283. The van der Waals surface area contributed by atoms with Crippen LogP contribution in [0, 0.1) is 33.6 Å². The molecule has 23 rings (SSSR count). The summed E-state index contributed by atoms with van der Waals surface area (Å²) >= 11 is 1.68. The molecule has 5 aliphatic heterocycles. The Kier molecular flexibility index (Phi) is 31.7. The van der Waals surface area contributed by atoms with Gasteiger partial charge in [-0.25, -0.2) is 73.6 Å². The Balaban J connectivity index is 0.000000116. The molecule has 3 saturated carbocycles. The van der Waals surface area contributed by atoms with Gasteiger partial charge in [0.15, 0.2) is 0 Å². The topological polar surface area (TPSA) is 376 Å². The Morgan fingerprint density at radius 1 is 0.320 bits per heavy atom. The number of hydrogen-bond acceptors (Lipinski definition) is 26. The Morgan fingerprint density at radius 3 is 0.939 bits per heavy atom. The molecule has 8 fully saturated rings. The second-order valence-corrected chi connectivity index (χ2v) is 51.6. The fourth-order valence-corrected chi connectivity index (χ4v) is 28.8. The van der Waals surface area contributed by atoms with Crippen molar-refractivity contribution >= 4 is 144 Å². The number of nitrogens with zero attached hydrogens (tertiary/aromatic N) is 15. The number of aryl methyl sites for hydroxylation is 4. The first-order valence-corrected chi connectivity index (χ1v) is 59.6. The molecule has 0 atom stereocenters. The molecule has 0 amide bonds. The molecule has 768 valence electrons. The Bertz CT molecular complexity index is 7680. The first-order valence-electron chi connectivity index (χ1n) is 50.8. The average molecular weight is 2100 g/mol. The fraction of sp³-hybridized carbons (Fsp3) is 0.382. The largest absolute Gasteiger partial charge is 0.382 e. The van der Waals surface area contributed by atoms with E-state index < -0.39 is 56.1 Å². The van der Waals surface area contributed by atoms with Crippen molar-refractivity contribution in [3.63, 3.8) is 0 Å². The van der Waals surface area contributed by atoms with Crippen molar-refractivity contribution < 1.29 is 46.5 Å². The van der Waals surface area contributed by atoms with E-state index in [1.54, 1.807) is 69.8 Å². The van der Waals surface area contributed by atoms with Crippen molar-refractivity contribution in [2.75, 3.05) is 104 Å². The first-order chi connectivity index (χ1) is 70.9. The fourth-order valence-electron chi connectivity index (χ4n) is 20.0. The van der Waals surface area contributed by atoms with Crippen molar-refractivity contribution in [1.82, 2.24) is 71.4 Å². The predicted octanol–water partition coefficient (Wildman–Crippen LogP) is 19.5. The van der Waals surface area contributed by atoms with Gasteiger partial charge in [0.2, 0.25) is 56.1 Å². The van der Waals surface area contributed by atoms with Crippen LogP contribution in [0.3, 0.4) is 0 Å². The van der Waals surface area contributed by atoms with Crippen LogP contribution in [0.4, 0.5) is 32.8 Å². The summed E-state index contributed by atoms with van der Waals surface area (Å²) in [6.07, 6.45) is 38.7. The summed E-state index contributed by atoms with van der Waals surface area (Å²) in [6.45, 7) is 15.6. The molecule has 0 bridgehead atoms. The molecule has 37 heteroatoms. The van der Waals surface area contributed by atoms with Crippen LogP contribution in [0.2, 0.25) is 0 Å². The maximum absolute atomic E-state index is 13.6. The lowest BCUT2D eigenvalue weighted by molar-refractivity contribution is 0.329. The van der Waals surface area contributed by atoms with Crippen molar-refractivity contribution in [2.45, 2.75) is 190 Å². The third kappa shape index (κ3) is 25.4. The highest BCUT2D eigenvalue weighted by atomic mass is 32.2. The molecule has 0 radical (unpaired) electrons. The van der Waals surface area contributed by atoms with E-state index in [1.807, 2.05) is 163 Å². The number of sulfonamides is 5. The SMILES string of the molecule is CCCS(=O)(=O)N1CCC(Nc2cc(-c3ccc(C)nc3)cc3ccncc23)CC1.Cc1ccc(-c2cc(NC3CCN(S(=O)(=O)C4CC4)CC3)c3cnccc3c2)cn1.Cc1cccc(-c2cc(NC3CCN(S(=O)(=O)C4CC4)CC3)c3cnccc3c2)n1.Cc1ncc(-c2cc(NC3CCN(S(C)(=O)=O)CC3)c3cnccc3c2)s1.O=S(=O)(C1CC1)N1CCC(Nc2cc(-c3cccc(F)n3)cc3ccncc23)CC1. The number of piperidine rings is 5. The molecule has 5 saturated heterocycles. The van der Waals surface area contributed by atoms with Gasteiger partial charge in [-0.1, -0.05) is 31.2 Å². The maximum atomic E-state index is 13.6. The number of pyridine rings is 9. The van der Waals surface area contributed by atoms with Crippen LogP contribution in [0.15, 0.2) is 232 Å². The Morgan fingerprint density at radius 2 is 0.633 bits per heavy atom. The highest BCUT2D eigenvalue weighted by Crippen LogP contribution is 2.43. The van der Waals surface area contributed by atoms with E-state index in [-0.39, 0.29) is 51.7 Å². The van der Waals surface area contributed by atoms with Crippen LogP contribution in [0.25, 0.3) is 109 Å². The monoisotopic (exact) mass is 2100 g/mol. The number of hydrogen-bond donors (Lipinski definition) is 5. The van der Waals surface area contributed by atoms with Gasteiger partial charge in [-0.2, -0.15) is 4.39 Å². The lowest BCUT2D eigenvalue weighted by Gasteiger charge is -2.32. The Hall–Kier alpha value is -12.1. The number of thiazole rings is 1. The standard InChI is InChI=1S/2C23H26N4O2S.C23H28N4O2S.C22H23FN4O2S.C19H22N4O2S2/c1-16-2-3-18(14-25-16)19-12-17-6-9-24-15-22(17)23(13-19)26-20-7-10-27(11-8-20)30(28,29)21-4-5-21;1-16-3-2-4-22(25-16)18-13-17-7-10-24-15-21(17)23(14-18)26-19-8-11-27(12-9-19)30(28,29)20-5-6-20;1-3-12-30(28,29)27-10-7-21(8-11-27)26-23-14-20(19-5-4-17(2)25-15-19)13-18-6-9-24-16-22(18)23;23-22-3-1-2-20(26-22)16-12-15-6-9-24-14-19(15)21(13-16)25-17-7-10-27(11-8-17)30(28,29)18-4-5-18;1-13-21-12-19(26-13)15-9-14-3-6-20-11-17(14)18(10-15)22-16-4-7-23(8-5-16)27(2,24)25/h2-3,6,9,12-15,20-21,26H,4-5,7-8,10-11H2,1H3;2-4,7,10,13-15,19-20,26H,5-6,8-9,11-12H2,1H3;4-6,9,13-16,21,26H,3,7-8,10-12H2,1-2H3;1-3,6,9,12-14,17-18,25H,4-5,7-8,10-11H2;3,6,9-12,16,22H,4-5,7-8H2,1-2H3. The van der Waals surface area contributed by atoms with Crippen molar-refractivity contribution in [2.24, 2.45) is 0 Å². The molecule has 0 unspecified atom stereocenters. The summed E-state index contributed by atoms with van der Waals surface area (Å²) in [6, 6.07) is 51.3. The van der Waals surface area contributed by atoms with Gasteiger partial charge in [0.25, 0.3) is 0 Å². The third-order valence-electron chi connectivity index (χ3n) is 28.7. The minimum Gasteiger partial charge on any atom is -0.382 e. The summed E-state index contributed by atoms with van der Waals surface area (Å²) in [5.41, 5.74) is 16.9. The Labute approximate surface area is 864 Å². The minimum absolute atomic E-state index is 0.128. The van der Waals surface area contributed by atoms with Gasteiger partial charge in [0, 0.05) is 271 Å². The number of benzene rings is 5. The van der Waals surface area contributed by atoms with E-state index in [9.17, 15) is 46.5 Å². The summed E-state index contributed by atoms with van der Waals surface area (Å²) < 4.78 is 145. The van der Waals surface area contributed by atoms with E-state index in [2.05, 4.69) is 137 Å². The lowest BCUT2D eigenvalue weighted by atomic mass is 10.00. The van der Waals surface area contributed by atoms with Crippen LogP contribution in [-0.2, 0) is 50.1 Å². The van der Waals surface area contributed by atoms with E-state index in [0.717, 1.165) is 257 Å². The zero-order valence-electron chi connectivity index (χ0n) is 83.5. The number of fused-ring (bicyclic) bond motifs is 5. The maximum Gasteiger partial charge on any atom is 0.216 e. The van der Waals surface area contributed by atoms with Gasteiger partial charge in [-0.05, 0) is 308 Å². The molecule has 3 aliphatic carbocycles. The lowest BCUT2D eigenvalue weighted by Crippen LogP contribution is -2.43. The van der Waals surface area contributed by atoms with Gasteiger partial charge in [-0.3, -0.25) is 39.9 Å². The number of anilines is 5. The molecule has 10 aromatic heterocycles. The zero-order chi connectivity index (χ0) is 102. The van der Waals surface area contributed by atoms with E-state index in [4.69, 9.17) is 0 Å². The van der Waals surface area contributed by atoms with Crippen LogP contribution >= 0.6 is 11.3 Å². The smallest absolute Gasteiger partial charge is 0.216 e. The van der Waals surface area contributed by atoms with Gasteiger partial charge in [0.1, 0.15) is 0 Å². The quantitative estimate of drug-likeness (QED) is 0.0332. The second-order valence-electron chi connectivity index (χ2n) is 39.6. The van der Waals surface area contributed by atoms with Crippen LogP contribution in [-0.4, -0.2) is 237 Å². The molecular formula is C110H125FN20O10S6. The van der Waals surface area contributed by atoms with Gasteiger partial charge in [0.05, 0.1) is 49.0 Å². The molecule has 15 aromatic rings. The number of nitrogens with one attached hydrogen (secondary N) is 5. The number of halogens is 1. The van der Waals surface area contributed by atoms with Gasteiger partial charge >= 0.3 is 0 Å². The first kappa shape index (κ1) is 103. The molecule has 0 spiro atoms. The average Bonchev–Trinajstić information content (AvgIpc) is 1.85. The van der Waals surface area contributed by atoms with E-state index in [1.165, 1.54) is 12.3 Å². The molecule has 30 nitrogen and oxygen atoms in total. The molecule has 8 aliphatic rings. The van der Waals surface area contributed by atoms with Gasteiger partial charge in [-0.15, -0.1) is 11.3 Å². The van der Waals surface area contributed by atoms with E-state index >= 15 is 0 Å². The third-order valence-corrected chi connectivity index (χ3v) is 40.2. The normalized spacial score (nSPS) is 17.7. The molecular weight excluding hydrogens is 1970 g/mol. The molecule has 5 N–H and O–H groups in total. The summed E-state index contributed by atoms with van der Waals surface area (Å²) in [7, 11) is -15.5. The summed E-state index contributed by atoms with van der Waals surface area (Å²) in [4.78, 5) is 44.5. The second kappa shape index (κ2) is 45.1. The zero-order valence-corrected chi connectivity index (χ0v) is 88.4. The molecule has 147 heavy (non-hydrogen) atoms. The van der Waals surface area contributed by atoms with Crippen molar-refractivity contribution in [3.8, 4) is 55.2 Å². The summed E-state index contributed by atoms with van der Waals surface area (Å²) in [5, 5.41) is 29.6. The van der Waals surface area contributed by atoms with Gasteiger partial charge < -0.3 is 26.6 Å². The minimum atomic E-state index is -3.12.